The molecule has 1 aliphatic heterocycles. The molecule has 2 atom stereocenters. The molecule has 2 unspecified atom stereocenters. The Balaban J connectivity index is 1.91. The van der Waals surface area contributed by atoms with Crippen LogP contribution in [0.2, 0.25) is 0 Å². The van der Waals surface area contributed by atoms with Gasteiger partial charge in [0.05, 0.1) is 6.10 Å². The summed E-state index contributed by atoms with van der Waals surface area (Å²) < 4.78 is 26.0. The van der Waals surface area contributed by atoms with Crippen LogP contribution >= 0.6 is 0 Å². The molecule has 112 valence electrons. The van der Waals surface area contributed by atoms with Crippen LogP contribution in [0.25, 0.3) is 0 Å². The van der Waals surface area contributed by atoms with E-state index in [2.05, 4.69) is 23.9 Å². The van der Waals surface area contributed by atoms with E-state index in [0.29, 0.717) is 24.4 Å². The van der Waals surface area contributed by atoms with Gasteiger partial charge in [-0.3, -0.25) is 0 Å². The molecule has 1 N–H and O–H groups in total. The summed E-state index contributed by atoms with van der Waals surface area (Å²) >= 11 is 0. The first kappa shape index (κ1) is 15.4. The van der Waals surface area contributed by atoms with E-state index in [1.807, 2.05) is 0 Å². The molecule has 0 saturated carbocycles. The van der Waals surface area contributed by atoms with E-state index >= 15 is 0 Å². The first-order chi connectivity index (χ1) is 9.45. The van der Waals surface area contributed by atoms with Gasteiger partial charge >= 0.3 is 0 Å². The molecule has 1 fully saturated rings. The van der Waals surface area contributed by atoms with Gasteiger partial charge in [0.2, 0.25) is 0 Å². The third-order valence-electron chi connectivity index (χ3n) is 3.98. The van der Waals surface area contributed by atoms with Crippen molar-refractivity contribution < 1.29 is 13.9 Å². The summed E-state index contributed by atoms with van der Waals surface area (Å²) in [5, 5.41) is 10.2. The molecule has 1 heterocycles. The number of likely N-dealkylation sites (N-methyl/N-ethyl adjacent to an activating group) is 2. The number of aliphatic hydroxyl groups is 1. The van der Waals surface area contributed by atoms with Crippen LogP contribution in [0.5, 0.6) is 0 Å². The molecule has 2 rings (SSSR count). The van der Waals surface area contributed by atoms with Crippen molar-refractivity contribution in [3.05, 3.63) is 35.4 Å². The number of piperazine rings is 1. The number of nitrogens with zero attached hydrogens (tertiary/aromatic N) is 2. The highest BCUT2D eigenvalue weighted by Crippen LogP contribution is 2.16. The van der Waals surface area contributed by atoms with E-state index in [9.17, 15) is 13.9 Å². The summed E-state index contributed by atoms with van der Waals surface area (Å²) in [6.07, 6.45) is 0.448. The Bertz CT molecular complexity index is 455. The van der Waals surface area contributed by atoms with Crippen LogP contribution in [0.1, 0.15) is 12.0 Å². The molecule has 20 heavy (non-hydrogen) atoms. The number of hydrogen-bond donors (Lipinski definition) is 1. The van der Waals surface area contributed by atoms with Crippen molar-refractivity contribution in [3.8, 4) is 0 Å². The van der Waals surface area contributed by atoms with Crippen LogP contribution in [-0.4, -0.2) is 60.8 Å². The fourth-order valence-electron chi connectivity index (χ4n) is 2.69. The topological polar surface area (TPSA) is 26.7 Å². The molecule has 1 aromatic rings. The van der Waals surface area contributed by atoms with Gasteiger partial charge in [-0.2, -0.15) is 0 Å². The highest BCUT2D eigenvalue weighted by molar-refractivity contribution is 5.18. The van der Waals surface area contributed by atoms with Gasteiger partial charge in [-0.1, -0.05) is 6.07 Å². The molecule has 1 aromatic carbocycles. The average molecular weight is 284 g/mol. The van der Waals surface area contributed by atoms with Crippen molar-refractivity contribution >= 4 is 0 Å². The van der Waals surface area contributed by atoms with Crippen LogP contribution in [0.15, 0.2) is 18.2 Å². The van der Waals surface area contributed by atoms with Crippen molar-refractivity contribution in [2.45, 2.75) is 25.0 Å². The normalized spacial score (nSPS) is 22.9. The molecule has 3 nitrogen and oxygen atoms in total. The Labute approximate surface area is 118 Å². The average Bonchev–Trinajstić information content (AvgIpc) is 2.38. The largest absolute Gasteiger partial charge is 0.393 e. The molecule has 0 spiro atoms. The second-order valence-electron chi connectivity index (χ2n) is 5.74. The summed E-state index contributed by atoms with van der Waals surface area (Å²) in [5.41, 5.74) is 0.628. The lowest BCUT2D eigenvalue weighted by Gasteiger charge is -2.38. The minimum absolute atomic E-state index is 0.300. The van der Waals surface area contributed by atoms with Crippen molar-refractivity contribution in [2.75, 3.05) is 33.7 Å². The van der Waals surface area contributed by atoms with E-state index < -0.39 is 17.7 Å². The van der Waals surface area contributed by atoms with Crippen molar-refractivity contribution in [1.82, 2.24) is 9.80 Å². The first-order valence-corrected chi connectivity index (χ1v) is 6.96. The predicted molar refractivity (Wildman–Crippen MR) is 74.6 cm³/mol. The Kier molecular flexibility index (Phi) is 5.07. The summed E-state index contributed by atoms with van der Waals surface area (Å²) in [7, 11) is 4.13. The third kappa shape index (κ3) is 3.98. The molecule has 0 aliphatic carbocycles. The number of halogens is 2. The summed E-state index contributed by atoms with van der Waals surface area (Å²) in [6, 6.07) is 4.10. The van der Waals surface area contributed by atoms with E-state index in [0.717, 1.165) is 31.8 Å². The molecule has 1 aliphatic rings. The zero-order chi connectivity index (χ0) is 14.7. The number of rotatable bonds is 4. The molecular weight excluding hydrogens is 262 g/mol. The lowest BCUT2D eigenvalue weighted by molar-refractivity contribution is 0.0638. The van der Waals surface area contributed by atoms with Crippen LogP contribution in [0.4, 0.5) is 8.78 Å². The van der Waals surface area contributed by atoms with Crippen molar-refractivity contribution in [2.24, 2.45) is 0 Å². The van der Waals surface area contributed by atoms with Gasteiger partial charge in [0.25, 0.3) is 0 Å². The molecular formula is C15H22F2N2O. The van der Waals surface area contributed by atoms with Crippen molar-refractivity contribution in [3.63, 3.8) is 0 Å². The Morgan fingerprint density at radius 1 is 1.25 bits per heavy atom. The lowest BCUT2D eigenvalue weighted by atomic mass is 9.99. The number of aliphatic hydroxyl groups excluding tert-OH is 1. The summed E-state index contributed by atoms with van der Waals surface area (Å²) in [4.78, 5) is 4.49. The van der Waals surface area contributed by atoms with E-state index in [4.69, 9.17) is 0 Å². The molecule has 0 amide bonds. The van der Waals surface area contributed by atoms with Crippen LogP contribution < -0.4 is 0 Å². The SMILES string of the molecule is CN1CCN(C)C(CC(O)Cc2ccc(F)c(F)c2)C1. The zero-order valence-electron chi connectivity index (χ0n) is 12.0. The Morgan fingerprint density at radius 2 is 2.00 bits per heavy atom. The molecule has 0 radical (unpaired) electrons. The smallest absolute Gasteiger partial charge is 0.159 e. The first-order valence-electron chi connectivity index (χ1n) is 6.96. The summed E-state index contributed by atoms with van der Waals surface area (Å²) in [5.74, 6) is -1.71. The maximum atomic E-state index is 13.1. The van der Waals surface area contributed by atoms with Gasteiger partial charge in [-0.25, -0.2) is 8.78 Å². The van der Waals surface area contributed by atoms with Gasteiger partial charge in [0.1, 0.15) is 0 Å². The van der Waals surface area contributed by atoms with E-state index in [-0.39, 0.29) is 0 Å². The predicted octanol–water partition coefficient (Wildman–Crippen LogP) is 1.50. The molecule has 1 saturated heterocycles. The minimum atomic E-state index is -0.857. The highest BCUT2D eigenvalue weighted by Gasteiger charge is 2.24. The van der Waals surface area contributed by atoms with Crippen molar-refractivity contribution in [1.29, 1.82) is 0 Å². The monoisotopic (exact) mass is 284 g/mol. The molecule has 5 heteroatoms. The van der Waals surface area contributed by atoms with Gasteiger partial charge < -0.3 is 14.9 Å². The van der Waals surface area contributed by atoms with Crippen LogP contribution in [-0.2, 0) is 6.42 Å². The summed E-state index contributed by atoms with van der Waals surface area (Å²) in [6.45, 7) is 2.94. The molecule has 0 aromatic heterocycles. The van der Waals surface area contributed by atoms with Gasteiger partial charge in [-0.15, -0.1) is 0 Å². The van der Waals surface area contributed by atoms with Gasteiger partial charge in [0.15, 0.2) is 11.6 Å². The van der Waals surface area contributed by atoms with E-state index in [1.54, 1.807) is 0 Å². The Hall–Kier alpha value is -1.04. The maximum absolute atomic E-state index is 13.1. The minimum Gasteiger partial charge on any atom is -0.393 e. The second kappa shape index (κ2) is 6.61. The lowest BCUT2D eigenvalue weighted by Crippen LogP contribution is -2.51. The standard InChI is InChI=1S/C15H22F2N2O/c1-18-5-6-19(2)12(10-18)9-13(20)7-11-3-4-14(16)15(17)8-11/h3-4,8,12-13,20H,5-7,9-10H2,1-2H3. The van der Waals surface area contributed by atoms with E-state index in [1.165, 1.54) is 6.07 Å². The van der Waals surface area contributed by atoms with Crippen LogP contribution in [0.3, 0.4) is 0 Å². The third-order valence-corrected chi connectivity index (χ3v) is 3.98. The van der Waals surface area contributed by atoms with Gasteiger partial charge in [-0.05, 0) is 44.6 Å². The van der Waals surface area contributed by atoms with Crippen LogP contribution in [0, 0.1) is 11.6 Å². The molecule has 0 bridgehead atoms. The Morgan fingerprint density at radius 3 is 2.70 bits per heavy atom. The zero-order valence-corrected chi connectivity index (χ0v) is 12.0. The quantitative estimate of drug-likeness (QED) is 0.908. The highest BCUT2D eigenvalue weighted by atomic mass is 19.2. The number of benzene rings is 1. The second-order valence-corrected chi connectivity index (χ2v) is 5.74. The van der Waals surface area contributed by atoms with Gasteiger partial charge in [0, 0.05) is 25.7 Å². The number of hydrogen-bond acceptors (Lipinski definition) is 3. The maximum Gasteiger partial charge on any atom is 0.159 e. The fourth-order valence-corrected chi connectivity index (χ4v) is 2.69. The fraction of sp³-hybridized carbons (Fsp3) is 0.600.